The minimum absolute atomic E-state index is 0.0786. The second kappa shape index (κ2) is 10.0. The van der Waals surface area contributed by atoms with E-state index in [4.69, 9.17) is 4.74 Å². The number of aryl methyl sites for hydroxylation is 2. The van der Waals surface area contributed by atoms with Gasteiger partial charge in [0.15, 0.2) is 0 Å². The van der Waals surface area contributed by atoms with Gasteiger partial charge in [0.25, 0.3) is 0 Å². The fourth-order valence-corrected chi connectivity index (χ4v) is 6.41. The summed E-state index contributed by atoms with van der Waals surface area (Å²) in [7, 11) is 0. The highest BCUT2D eigenvalue weighted by atomic mass is 16.5. The lowest BCUT2D eigenvalue weighted by molar-refractivity contribution is -0.148. The molecule has 5 heteroatoms. The Balaban J connectivity index is 1.40. The molecule has 3 aliphatic rings. The van der Waals surface area contributed by atoms with Gasteiger partial charge in [-0.15, -0.1) is 0 Å². The van der Waals surface area contributed by atoms with Gasteiger partial charge in [-0.05, 0) is 80.2 Å². The fraction of sp³-hybridized carbons (Fsp3) is 0.655. The number of esters is 1. The van der Waals surface area contributed by atoms with E-state index in [9.17, 15) is 9.90 Å². The summed E-state index contributed by atoms with van der Waals surface area (Å²) in [6.07, 6.45) is 5.84. The highest BCUT2D eigenvalue weighted by Gasteiger charge is 2.53. The van der Waals surface area contributed by atoms with Crippen LogP contribution in [0.2, 0.25) is 0 Å². The van der Waals surface area contributed by atoms with Crippen molar-refractivity contribution in [3.05, 3.63) is 47.4 Å². The van der Waals surface area contributed by atoms with E-state index in [1.165, 1.54) is 23.7 Å². The number of rotatable bonds is 5. The Labute approximate surface area is 206 Å². The van der Waals surface area contributed by atoms with Crippen molar-refractivity contribution in [3.63, 3.8) is 0 Å². The monoisotopic (exact) mass is 467 g/mol. The molecule has 1 N–H and O–H groups in total. The molecule has 4 rings (SSSR count). The number of ether oxygens (including phenoxy) is 1. The third kappa shape index (κ3) is 5.06. The van der Waals surface area contributed by atoms with Gasteiger partial charge in [0.2, 0.25) is 0 Å². The molecule has 0 bridgehead atoms. The Hall–Kier alpha value is -1.85. The molecule has 1 heterocycles. The average molecular weight is 468 g/mol. The maximum Gasteiger partial charge on any atom is 0.303 e. The fourth-order valence-electron chi connectivity index (χ4n) is 6.41. The van der Waals surface area contributed by atoms with Crippen molar-refractivity contribution in [2.24, 2.45) is 23.7 Å². The largest absolute Gasteiger partial charge is 0.458 e. The summed E-state index contributed by atoms with van der Waals surface area (Å²) < 4.78 is 5.51. The second-order valence-corrected chi connectivity index (χ2v) is 11.2. The van der Waals surface area contributed by atoms with Crippen molar-refractivity contribution in [2.75, 3.05) is 37.6 Å². The van der Waals surface area contributed by atoms with Gasteiger partial charge in [0.1, 0.15) is 6.10 Å². The zero-order valence-corrected chi connectivity index (χ0v) is 21.9. The summed E-state index contributed by atoms with van der Waals surface area (Å²) in [5.41, 5.74) is 4.16. The minimum atomic E-state index is -0.918. The number of carbonyl (C=O) groups excluding carboxylic acids is 1. The van der Waals surface area contributed by atoms with Gasteiger partial charge in [-0.25, -0.2) is 0 Å². The molecule has 0 aromatic heterocycles. The van der Waals surface area contributed by atoms with Crippen LogP contribution in [0.1, 0.15) is 51.7 Å². The number of hydrogen-bond donors (Lipinski definition) is 1. The first-order chi connectivity index (χ1) is 16.1. The Morgan fingerprint density at radius 3 is 2.50 bits per heavy atom. The van der Waals surface area contributed by atoms with Crippen molar-refractivity contribution in [3.8, 4) is 0 Å². The van der Waals surface area contributed by atoms with Gasteiger partial charge in [0.05, 0.1) is 5.60 Å². The Morgan fingerprint density at radius 1 is 1.15 bits per heavy atom. The Morgan fingerprint density at radius 2 is 1.85 bits per heavy atom. The summed E-state index contributed by atoms with van der Waals surface area (Å²) >= 11 is 0. The smallest absolute Gasteiger partial charge is 0.303 e. The molecule has 0 spiro atoms. The molecule has 0 amide bonds. The van der Waals surface area contributed by atoms with Crippen LogP contribution in [-0.2, 0) is 9.53 Å². The summed E-state index contributed by atoms with van der Waals surface area (Å²) in [6, 6.07) is 6.80. The number of nitrogens with zero attached hydrogens (tertiary/aromatic N) is 2. The van der Waals surface area contributed by atoms with Crippen LogP contribution in [0.4, 0.5) is 5.69 Å². The molecule has 1 unspecified atom stereocenters. The van der Waals surface area contributed by atoms with Crippen LogP contribution in [0.5, 0.6) is 0 Å². The molecule has 6 atom stereocenters. The third-order valence-electron chi connectivity index (χ3n) is 8.83. The number of carbonyl (C=O) groups is 1. The topological polar surface area (TPSA) is 53.0 Å². The van der Waals surface area contributed by atoms with Gasteiger partial charge in [-0.1, -0.05) is 26.0 Å². The van der Waals surface area contributed by atoms with Crippen molar-refractivity contribution in [2.45, 2.75) is 66.1 Å². The Bertz CT molecular complexity index is 920. The first kappa shape index (κ1) is 25.2. The van der Waals surface area contributed by atoms with E-state index in [0.29, 0.717) is 11.8 Å². The van der Waals surface area contributed by atoms with Crippen LogP contribution in [0.15, 0.2) is 29.8 Å². The lowest BCUT2D eigenvalue weighted by atomic mass is 9.57. The Kier molecular flexibility index (Phi) is 7.44. The van der Waals surface area contributed by atoms with Crippen LogP contribution in [0.3, 0.4) is 0 Å². The molecule has 187 valence electrons. The molecule has 1 radical (unpaired) electrons. The van der Waals surface area contributed by atoms with Crippen molar-refractivity contribution < 1.29 is 14.6 Å². The van der Waals surface area contributed by atoms with Crippen molar-refractivity contribution in [1.82, 2.24) is 4.90 Å². The quantitative estimate of drug-likeness (QED) is 0.509. The molecule has 2 fully saturated rings. The number of anilines is 1. The maximum atomic E-state index is 11.8. The van der Waals surface area contributed by atoms with Crippen LogP contribution in [0, 0.1) is 43.9 Å². The van der Waals surface area contributed by atoms with Gasteiger partial charge in [0, 0.05) is 57.7 Å². The van der Waals surface area contributed by atoms with E-state index in [0.717, 1.165) is 51.1 Å². The lowest BCUT2D eigenvalue weighted by Crippen LogP contribution is -2.57. The van der Waals surface area contributed by atoms with Crippen molar-refractivity contribution >= 4 is 11.7 Å². The van der Waals surface area contributed by atoms with E-state index < -0.39 is 11.7 Å². The normalized spacial score (nSPS) is 33.1. The standard InChI is InChI=1S/C29H43N2O3/c1-19-7-9-25(15-20(19)2)31-13-11-30(12-14-31)18-22(4)26-10-8-23(5)29(33)17-28(34-24(6)32)21(3)16-27(26)29/h7,9,15-17,22-23,26-28,33H,8,10-14,18H2,1-6H3/t22?,23-,26+,27-,28-,29-/m1/s1. The summed E-state index contributed by atoms with van der Waals surface area (Å²) in [5.74, 6) is 0.840. The highest BCUT2D eigenvalue weighted by Crippen LogP contribution is 2.50. The first-order valence-corrected chi connectivity index (χ1v) is 13.1. The first-order valence-electron chi connectivity index (χ1n) is 13.1. The predicted molar refractivity (Wildman–Crippen MR) is 138 cm³/mol. The summed E-state index contributed by atoms with van der Waals surface area (Å²) in [5, 5.41) is 11.8. The summed E-state index contributed by atoms with van der Waals surface area (Å²) in [4.78, 5) is 16.7. The van der Waals surface area contributed by atoms with Crippen LogP contribution < -0.4 is 4.90 Å². The van der Waals surface area contributed by atoms with Crippen LogP contribution >= 0.6 is 0 Å². The third-order valence-corrected chi connectivity index (χ3v) is 8.83. The van der Waals surface area contributed by atoms with Crippen LogP contribution in [-0.4, -0.2) is 60.4 Å². The average Bonchev–Trinajstić information content (AvgIpc) is 2.78. The lowest BCUT2D eigenvalue weighted by Gasteiger charge is -2.53. The maximum absolute atomic E-state index is 11.8. The number of piperazine rings is 1. The SMILES string of the molecule is CC(=O)O[C@@H]1[CH][C@@]2(O)[C@H](C)CC[C@@H](C(C)CN3CCN(c4ccc(C)c(C)c4)CC3)[C@H]2C=C1C. The predicted octanol–water partition coefficient (Wildman–Crippen LogP) is 4.55. The molecule has 1 saturated heterocycles. The molecule has 5 nitrogen and oxygen atoms in total. The zero-order chi connectivity index (χ0) is 24.6. The molecular formula is C29H43N2O3. The van der Waals surface area contributed by atoms with Crippen molar-refractivity contribution in [1.29, 1.82) is 0 Å². The molecule has 1 aliphatic heterocycles. The minimum Gasteiger partial charge on any atom is -0.458 e. The molecule has 2 aliphatic carbocycles. The number of benzene rings is 1. The van der Waals surface area contributed by atoms with Gasteiger partial charge in [-0.2, -0.15) is 0 Å². The molecule has 1 saturated carbocycles. The van der Waals surface area contributed by atoms with E-state index in [-0.39, 0.29) is 17.8 Å². The van der Waals surface area contributed by atoms with E-state index in [2.05, 4.69) is 61.8 Å². The number of aliphatic hydroxyl groups is 1. The van der Waals surface area contributed by atoms with E-state index >= 15 is 0 Å². The van der Waals surface area contributed by atoms with E-state index in [1.807, 2.05) is 13.3 Å². The molecular weight excluding hydrogens is 424 g/mol. The van der Waals surface area contributed by atoms with Crippen LogP contribution in [0.25, 0.3) is 0 Å². The van der Waals surface area contributed by atoms with Gasteiger partial charge >= 0.3 is 5.97 Å². The highest BCUT2D eigenvalue weighted by molar-refractivity contribution is 5.66. The number of hydrogen-bond acceptors (Lipinski definition) is 5. The molecule has 1 aromatic rings. The van der Waals surface area contributed by atoms with Gasteiger partial charge in [-0.3, -0.25) is 9.69 Å². The summed E-state index contributed by atoms with van der Waals surface area (Å²) in [6.45, 7) is 17.6. The van der Waals surface area contributed by atoms with E-state index in [1.54, 1.807) is 0 Å². The number of fused-ring (bicyclic) bond motifs is 1. The zero-order valence-electron chi connectivity index (χ0n) is 21.9. The van der Waals surface area contributed by atoms with Gasteiger partial charge < -0.3 is 14.7 Å². The second-order valence-electron chi connectivity index (χ2n) is 11.2. The molecule has 34 heavy (non-hydrogen) atoms. The molecule has 1 aromatic carbocycles.